The molecule has 2 aromatic rings. The van der Waals surface area contributed by atoms with Crippen LogP contribution < -0.4 is 5.32 Å². The Balaban J connectivity index is 2.03. The van der Waals surface area contributed by atoms with E-state index in [1.807, 2.05) is 12.1 Å². The van der Waals surface area contributed by atoms with Crippen LogP contribution >= 0.6 is 22.9 Å². The van der Waals surface area contributed by atoms with Gasteiger partial charge < -0.3 is 5.32 Å². The molecule has 98 valence electrons. The van der Waals surface area contributed by atoms with Crippen molar-refractivity contribution in [2.75, 3.05) is 0 Å². The molecule has 0 bridgehead atoms. The van der Waals surface area contributed by atoms with Gasteiger partial charge in [0.15, 0.2) is 5.82 Å². The average molecular weight is 286 g/mol. The van der Waals surface area contributed by atoms with Gasteiger partial charge in [-0.05, 0) is 43.3 Å². The highest BCUT2D eigenvalue weighted by molar-refractivity contribution is 7.16. The lowest BCUT2D eigenvalue weighted by atomic mass is 10.1. The zero-order valence-corrected chi connectivity index (χ0v) is 12.2. The molecule has 0 aromatic carbocycles. The summed E-state index contributed by atoms with van der Waals surface area (Å²) in [7, 11) is 0. The van der Waals surface area contributed by atoms with Crippen molar-refractivity contribution < 1.29 is 0 Å². The van der Waals surface area contributed by atoms with Crippen molar-refractivity contribution >= 4 is 22.9 Å². The van der Waals surface area contributed by atoms with E-state index >= 15 is 0 Å². The van der Waals surface area contributed by atoms with Crippen LogP contribution in [0.4, 0.5) is 0 Å². The summed E-state index contributed by atoms with van der Waals surface area (Å²) in [5.41, 5.74) is 0.0447. The Labute approximate surface area is 115 Å². The summed E-state index contributed by atoms with van der Waals surface area (Å²) < 4.78 is 2.58. The Kier molecular flexibility index (Phi) is 3.99. The third-order valence-electron chi connectivity index (χ3n) is 2.32. The number of nitrogens with zero attached hydrogens (tertiary/aromatic N) is 4. The molecule has 0 amide bonds. The minimum Gasteiger partial charge on any atom is -0.305 e. The summed E-state index contributed by atoms with van der Waals surface area (Å²) >= 11 is 7.45. The largest absolute Gasteiger partial charge is 0.305 e. The molecule has 0 saturated carbocycles. The van der Waals surface area contributed by atoms with Crippen LogP contribution in [0.2, 0.25) is 4.34 Å². The molecule has 0 spiro atoms. The van der Waals surface area contributed by atoms with Gasteiger partial charge in [-0.25, -0.2) is 4.68 Å². The number of tetrazole rings is 1. The van der Waals surface area contributed by atoms with E-state index in [1.165, 1.54) is 0 Å². The molecule has 0 aliphatic rings. The van der Waals surface area contributed by atoms with Crippen molar-refractivity contribution in [1.82, 2.24) is 25.5 Å². The van der Waals surface area contributed by atoms with Gasteiger partial charge in [-0.1, -0.05) is 11.6 Å². The molecule has 0 aliphatic carbocycles. The molecule has 7 heteroatoms. The van der Waals surface area contributed by atoms with Crippen molar-refractivity contribution in [3.05, 3.63) is 27.2 Å². The molecule has 2 rings (SSSR count). The normalized spacial score (nSPS) is 12.0. The molecule has 0 radical (unpaired) electrons. The Bertz CT molecular complexity index is 513. The van der Waals surface area contributed by atoms with Gasteiger partial charge in [-0.15, -0.1) is 16.4 Å². The van der Waals surface area contributed by atoms with Gasteiger partial charge in [0.05, 0.1) is 17.4 Å². The van der Waals surface area contributed by atoms with Crippen molar-refractivity contribution in [1.29, 1.82) is 0 Å². The lowest BCUT2D eigenvalue weighted by molar-refractivity contribution is 0.410. The molecule has 5 nitrogen and oxygen atoms in total. The fourth-order valence-corrected chi connectivity index (χ4v) is 2.47. The topological polar surface area (TPSA) is 55.6 Å². The van der Waals surface area contributed by atoms with Crippen LogP contribution in [-0.2, 0) is 13.1 Å². The number of thiophene rings is 1. The van der Waals surface area contributed by atoms with Gasteiger partial charge in [-0.2, -0.15) is 0 Å². The minimum atomic E-state index is 0.0447. The number of rotatable bonds is 4. The number of halogens is 1. The molecule has 0 aliphatic heterocycles. The predicted octanol–water partition coefficient (Wildman–Crippen LogP) is 2.32. The second kappa shape index (κ2) is 5.34. The van der Waals surface area contributed by atoms with E-state index in [0.29, 0.717) is 13.1 Å². The van der Waals surface area contributed by atoms with Gasteiger partial charge in [0.1, 0.15) is 0 Å². The lowest BCUT2D eigenvalue weighted by Gasteiger charge is -2.19. The highest BCUT2D eigenvalue weighted by Crippen LogP contribution is 2.22. The lowest BCUT2D eigenvalue weighted by Crippen LogP contribution is -2.36. The molecule has 0 fully saturated rings. The zero-order chi connectivity index (χ0) is 13.2. The first-order chi connectivity index (χ1) is 8.44. The van der Waals surface area contributed by atoms with E-state index in [1.54, 1.807) is 16.0 Å². The minimum absolute atomic E-state index is 0.0447. The molecule has 2 aromatic heterocycles. The zero-order valence-electron chi connectivity index (χ0n) is 10.6. The SMILES string of the molecule is CC(C)(C)NCc1nnnn1Cc1ccc(Cl)s1. The molecule has 0 saturated heterocycles. The first-order valence-corrected chi connectivity index (χ1v) is 6.88. The second-order valence-corrected chi connectivity index (χ2v) is 6.86. The fourth-order valence-electron chi connectivity index (χ4n) is 1.40. The smallest absolute Gasteiger partial charge is 0.165 e. The summed E-state index contributed by atoms with van der Waals surface area (Å²) in [6, 6.07) is 3.88. The Morgan fingerprint density at radius 2 is 2.17 bits per heavy atom. The van der Waals surface area contributed by atoms with E-state index in [2.05, 4.69) is 41.6 Å². The Hall–Kier alpha value is -0.980. The summed E-state index contributed by atoms with van der Waals surface area (Å²) in [5.74, 6) is 0.828. The highest BCUT2D eigenvalue weighted by Gasteiger charge is 2.13. The van der Waals surface area contributed by atoms with E-state index in [0.717, 1.165) is 15.0 Å². The maximum Gasteiger partial charge on any atom is 0.165 e. The van der Waals surface area contributed by atoms with Gasteiger partial charge in [-0.3, -0.25) is 0 Å². The average Bonchev–Trinajstić information content (AvgIpc) is 2.85. The number of aromatic nitrogens is 4. The predicted molar refractivity (Wildman–Crippen MR) is 72.8 cm³/mol. The van der Waals surface area contributed by atoms with Crippen molar-refractivity contribution in [3.8, 4) is 0 Å². The molecular formula is C11H16ClN5S. The van der Waals surface area contributed by atoms with Gasteiger partial charge in [0, 0.05) is 10.4 Å². The second-order valence-electron chi connectivity index (χ2n) is 5.06. The number of hydrogen-bond donors (Lipinski definition) is 1. The van der Waals surface area contributed by atoms with Gasteiger partial charge in [0.25, 0.3) is 0 Å². The standard InChI is InChI=1S/C11H16ClN5S/c1-11(2,3)13-6-10-14-15-16-17(10)7-8-4-5-9(12)18-8/h4-5,13H,6-7H2,1-3H3. The molecule has 18 heavy (non-hydrogen) atoms. The van der Waals surface area contributed by atoms with Crippen LogP contribution in [0.3, 0.4) is 0 Å². The van der Waals surface area contributed by atoms with Crippen LogP contribution in [0.5, 0.6) is 0 Å². The van der Waals surface area contributed by atoms with Crippen LogP contribution in [0, 0.1) is 0 Å². The number of hydrogen-bond acceptors (Lipinski definition) is 5. The summed E-state index contributed by atoms with van der Waals surface area (Å²) in [5, 5.41) is 15.1. The monoisotopic (exact) mass is 285 g/mol. The molecular weight excluding hydrogens is 270 g/mol. The molecule has 1 N–H and O–H groups in total. The van der Waals surface area contributed by atoms with Crippen molar-refractivity contribution in [2.24, 2.45) is 0 Å². The first-order valence-electron chi connectivity index (χ1n) is 5.68. The van der Waals surface area contributed by atoms with Crippen molar-refractivity contribution in [2.45, 2.75) is 39.4 Å². The van der Waals surface area contributed by atoms with Crippen molar-refractivity contribution in [3.63, 3.8) is 0 Å². The fraction of sp³-hybridized carbons (Fsp3) is 0.545. The molecule has 0 unspecified atom stereocenters. The van der Waals surface area contributed by atoms with Crippen LogP contribution in [0.1, 0.15) is 31.5 Å². The Morgan fingerprint density at radius 1 is 1.39 bits per heavy atom. The van der Waals surface area contributed by atoms with Crippen LogP contribution in [0.25, 0.3) is 0 Å². The van der Waals surface area contributed by atoms with Crippen LogP contribution in [0.15, 0.2) is 12.1 Å². The van der Waals surface area contributed by atoms with E-state index in [4.69, 9.17) is 11.6 Å². The Morgan fingerprint density at radius 3 is 2.78 bits per heavy atom. The van der Waals surface area contributed by atoms with E-state index in [9.17, 15) is 0 Å². The molecule has 0 atom stereocenters. The summed E-state index contributed by atoms with van der Waals surface area (Å²) in [4.78, 5) is 1.14. The third-order valence-corrected chi connectivity index (χ3v) is 3.53. The summed E-state index contributed by atoms with van der Waals surface area (Å²) in [6.07, 6.45) is 0. The number of nitrogens with one attached hydrogen (secondary N) is 1. The van der Waals surface area contributed by atoms with Crippen LogP contribution in [-0.4, -0.2) is 25.7 Å². The summed E-state index contributed by atoms with van der Waals surface area (Å²) in [6.45, 7) is 7.64. The first kappa shape index (κ1) is 13.5. The molecule has 2 heterocycles. The third kappa shape index (κ3) is 3.76. The maximum absolute atomic E-state index is 5.91. The van der Waals surface area contributed by atoms with Gasteiger partial charge >= 0.3 is 0 Å². The van der Waals surface area contributed by atoms with E-state index < -0.39 is 0 Å². The van der Waals surface area contributed by atoms with E-state index in [-0.39, 0.29) is 5.54 Å². The maximum atomic E-state index is 5.91. The highest BCUT2D eigenvalue weighted by atomic mass is 35.5. The van der Waals surface area contributed by atoms with Gasteiger partial charge in [0.2, 0.25) is 0 Å². The quantitative estimate of drug-likeness (QED) is 0.937.